The molecule has 0 fully saturated rings. The Morgan fingerprint density at radius 2 is 1.76 bits per heavy atom. The summed E-state index contributed by atoms with van der Waals surface area (Å²) in [6.45, 7) is 0. The lowest BCUT2D eigenvalue weighted by Gasteiger charge is -2.24. The second-order valence-corrected chi connectivity index (χ2v) is 4.29. The van der Waals surface area contributed by atoms with Crippen molar-refractivity contribution < 1.29 is 0 Å². The Hall–Kier alpha value is -1.87. The number of pyridine rings is 1. The molecule has 2 rings (SSSR count). The molecule has 0 aliphatic heterocycles. The van der Waals surface area contributed by atoms with Crippen molar-refractivity contribution in [3.8, 4) is 0 Å². The molecule has 0 saturated heterocycles. The molecule has 0 aliphatic rings. The van der Waals surface area contributed by atoms with Crippen LogP contribution in [0.3, 0.4) is 0 Å². The van der Waals surface area contributed by atoms with Gasteiger partial charge in [0, 0.05) is 11.9 Å². The van der Waals surface area contributed by atoms with Gasteiger partial charge >= 0.3 is 0 Å². The largest absolute Gasteiger partial charge is 0.399 e. The minimum absolute atomic E-state index is 0.164. The lowest BCUT2D eigenvalue weighted by Crippen LogP contribution is -2.21. The van der Waals surface area contributed by atoms with Crippen molar-refractivity contribution in [3.05, 3.63) is 59.9 Å². The number of hydrogen-bond acceptors (Lipinski definition) is 3. The van der Waals surface area contributed by atoms with Gasteiger partial charge in [-0.2, -0.15) is 0 Å². The van der Waals surface area contributed by atoms with E-state index in [1.165, 1.54) is 5.56 Å². The first-order chi connectivity index (χ1) is 8.18. The van der Waals surface area contributed by atoms with Crippen molar-refractivity contribution in [2.24, 2.45) is 0 Å². The van der Waals surface area contributed by atoms with Crippen LogP contribution in [0.25, 0.3) is 0 Å². The number of nitrogens with zero attached hydrogens (tertiary/aromatic N) is 2. The van der Waals surface area contributed by atoms with E-state index in [1.807, 2.05) is 36.5 Å². The van der Waals surface area contributed by atoms with Crippen LogP contribution >= 0.6 is 0 Å². The Balaban J connectivity index is 2.39. The molecule has 1 aromatic carbocycles. The van der Waals surface area contributed by atoms with Gasteiger partial charge in [0.1, 0.15) is 0 Å². The van der Waals surface area contributed by atoms with Gasteiger partial charge in [0.15, 0.2) is 0 Å². The third-order valence-corrected chi connectivity index (χ3v) is 2.74. The summed E-state index contributed by atoms with van der Waals surface area (Å²) in [5.41, 5.74) is 8.74. The monoisotopic (exact) mass is 227 g/mol. The molecule has 17 heavy (non-hydrogen) atoms. The van der Waals surface area contributed by atoms with Crippen molar-refractivity contribution in [1.82, 2.24) is 9.88 Å². The van der Waals surface area contributed by atoms with Gasteiger partial charge in [-0.25, -0.2) is 0 Å². The van der Waals surface area contributed by atoms with E-state index in [0.717, 1.165) is 11.4 Å². The normalized spacial score (nSPS) is 12.6. The van der Waals surface area contributed by atoms with Crippen molar-refractivity contribution in [3.63, 3.8) is 0 Å². The van der Waals surface area contributed by atoms with Crippen molar-refractivity contribution in [2.45, 2.75) is 6.04 Å². The van der Waals surface area contributed by atoms with Gasteiger partial charge in [0.2, 0.25) is 0 Å². The Labute approximate surface area is 102 Å². The van der Waals surface area contributed by atoms with Crippen molar-refractivity contribution in [2.75, 3.05) is 19.8 Å². The van der Waals surface area contributed by atoms with Gasteiger partial charge in [-0.3, -0.25) is 9.88 Å². The van der Waals surface area contributed by atoms with Gasteiger partial charge in [0.05, 0.1) is 11.7 Å². The first-order valence-electron chi connectivity index (χ1n) is 5.61. The molecule has 3 heteroatoms. The highest BCUT2D eigenvalue weighted by Crippen LogP contribution is 2.25. The molecule has 1 atom stereocenters. The number of aromatic nitrogens is 1. The molecule has 1 aromatic heterocycles. The first kappa shape index (κ1) is 11.6. The maximum Gasteiger partial charge on any atom is 0.0771 e. The highest BCUT2D eigenvalue weighted by Gasteiger charge is 2.17. The van der Waals surface area contributed by atoms with Crippen LogP contribution < -0.4 is 5.73 Å². The van der Waals surface area contributed by atoms with Crippen LogP contribution in [0.4, 0.5) is 5.69 Å². The third-order valence-electron chi connectivity index (χ3n) is 2.74. The highest BCUT2D eigenvalue weighted by molar-refractivity contribution is 5.41. The number of hydrogen-bond donors (Lipinski definition) is 1. The fraction of sp³-hybridized carbons (Fsp3) is 0.214. The molecule has 2 N–H and O–H groups in total. The summed E-state index contributed by atoms with van der Waals surface area (Å²) in [5, 5.41) is 0. The van der Waals surface area contributed by atoms with Gasteiger partial charge in [-0.15, -0.1) is 0 Å². The Morgan fingerprint density at radius 3 is 2.29 bits per heavy atom. The first-order valence-corrected chi connectivity index (χ1v) is 5.61. The molecular formula is C14H17N3. The molecule has 0 amide bonds. The van der Waals surface area contributed by atoms with Gasteiger partial charge in [0.25, 0.3) is 0 Å². The maximum absolute atomic E-state index is 5.71. The minimum atomic E-state index is 0.164. The molecule has 3 nitrogen and oxygen atoms in total. The van der Waals surface area contributed by atoms with E-state index in [-0.39, 0.29) is 6.04 Å². The van der Waals surface area contributed by atoms with Crippen LogP contribution in [-0.2, 0) is 0 Å². The molecule has 0 radical (unpaired) electrons. The number of nitrogens with two attached hydrogens (primary N) is 1. The predicted octanol–water partition coefficient (Wildman–Crippen LogP) is 2.31. The molecule has 88 valence electrons. The maximum atomic E-state index is 5.71. The SMILES string of the molecule is CN(C)C(c1ccc(N)cc1)c1ccccn1. The summed E-state index contributed by atoms with van der Waals surface area (Å²) in [4.78, 5) is 6.57. The number of anilines is 1. The summed E-state index contributed by atoms with van der Waals surface area (Å²) in [6, 6.07) is 14.1. The topological polar surface area (TPSA) is 42.1 Å². The fourth-order valence-electron chi connectivity index (χ4n) is 1.95. The predicted molar refractivity (Wildman–Crippen MR) is 70.6 cm³/mol. The quantitative estimate of drug-likeness (QED) is 0.818. The van der Waals surface area contributed by atoms with E-state index in [4.69, 9.17) is 5.73 Å². The Kier molecular flexibility index (Phi) is 3.40. The van der Waals surface area contributed by atoms with Crippen LogP contribution in [0, 0.1) is 0 Å². The van der Waals surface area contributed by atoms with E-state index >= 15 is 0 Å². The molecule has 0 saturated carbocycles. The average Bonchev–Trinajstić information content (AvgIpc) is 2.33. The molecule has 0 aliphatic carbocycles. The number of rotatable bonds is 3. The van der Waals surface area contributed by atoms with Crippen LogP contribution in [0.5, 0.6) is 0 Å². The summed E-state index contributed by atoms with van der Waals surface area (Å²) >= 11 is 0. The molecule has 1 heterocycles. The zero-order valence-electron chi connectivity index (χ0n) is 10.2. The zero-order valence-corrected chi connectivity index (χ0v) is 10.2. The summed E-state index contributed by atoms with van der Waals surface area (Å²) < 4.78 is 0. The van der Waals surface area contributed by atoms with Crippen LogP contribution in [0.2, 0.25) is 0 Å². The van der Waals surface area contributed by atoms with E-state index in [9.17, 15) is 0 Å². The van der Waals surface area contributed by atoms with E-state index in [2.05, 4.69) is 36.1 Å². The van der Waals surface area contributed by atoms with Crippen LogP contribution in [-0.4, -0.2) is 24.0 Å². The molecule has 0 bridgehead atoms. The van der Waals surface area contributed by atoms with Crippen LogP contribution in [0.15, 0.2) is 48.7 Å². The lowest BCUT2D eigenvalue weighted by atomic mass is 10.0. The van der Waals surface area contributed by atoms with E-state index < -0.39 is 0 Å². The van der Waals surface area contributed by atoms with Crippen LogP contribution in [0.1, 0.15) is 17.3 Å². The minimum Gasteiger partial charge on any atom is -0.399 e. The van der Waals surface area contributed by atoms with E-state index in [0.29, 0.717) is 0 Å². The summed E-state index contributed by atoms with van der Waals surface area (Å²) in [6.07, 6.45) is 1.82. The van der Waals surface area contributed by atoms with Crippen molar-refractivity contribution >= 4 is 5.69 Å². The van der Waals surface area contributed by atoms with E-state index in [1.54, 1.807) is 0 Å². The molecular weight excluding hydrogens is 210 g/mol. The zero-order chi connectivity index (χ0) is 12.3. The smallest absolute Gasteiger partial charge is 0.0771 e. The van der Waals surface area contributed by atoms with Crippen molar-refractivity contribution in [1.29, 1.82) is 0 Å². The number of nitrogen functional groups attached to an aromatic ring is 1. The van der Waals surface area contributed by atoms with Gasteiger partial charge in [-0.05, 0) is 43.9 Å². The second-order valence-electron chi connectivity index (χ2n) is 4.29. The standard InChI is InChI=1S/C14H17N3/c1-17(2)14(13-5-3-4-10-16-13)11-6-8-12(15)9-7-11/h3-10,14H,15H2,1-2H3. The Morgan fingerprint density at radius 1 is 1.06 bits per heavy atom. The van der Waals surface area contributed by atoms with Gasteiger partial charge in [-0.1, -0.05) is 18.2 Å². The Bertz CT molecular complexity index is 463. The lowest BCUT2D eigenvalue weighted by molar-refractivity contribution is 0.336. The highest BCUT2D eigenvalue weighted by atomic mass is 15.1. The fourth-order valence-corrected chi connectivity index (χ4v) is 1.95. The van der Waals surface area contributed by atoms with Gasteiger partial charge < -0.3 is 5.73 Å². The third kappa shape index (κ3) is 2.63. The molecule has 2 aromatic rings. The second kappa shape index (κ2) is 4.97. The molecule has 0 spiro atoms. The summed E-state index contributed by atoms with van der Waals surface area (Å²) in [5.74, 6) is 0. The number of benzene rings is 1. The molecule has 1 unspecified atom stereocenters. The average molecular weight is 227 g/mol. The summed E-state index contributed by atoms with van der Waals surface area (Å²) in [7, 11) is 4.10.